The van der Waals surface area contributed by atoms with E-state index in [0.29, 0.717) is 12.1 Å². The Kier molecular flexibility index (Phi) is 6.65. The van der Waals surface area contributed by atoms with E-state index >= 15 is 0 Å². The average Bonchev–Trinajstić information content (AvgIpc) is 2.22. The van der Waals surface area contributed by atoms with Crippen molar-refractivity contribution in [2.45, 2.75) is 13.3 Å². The summed E-state index contributed by atoms with van der Waals surface area (Å²) in [4.78, 5) is 0. The lowest BCUT2D eigenvalue weighted by Crippen LogP contribution is -2.24. The quantitative estimate of drug-likeness (QED) is 0.412. The minimum atomic E-state index is -3.28. The summed E-state index contributed by atoms with van der Waals surface area (Å²) in [7, 11) is -3.28. The Balaban J connectivity index is 3.06. The van der Waals surface area contributed by atoms with Crippen molar-refractivity contribution in [3.63, 3.8) is 0 Å². The molecule has 7 heteroatoms. The first kappa shape index (κ1) is 17.0. The molecule has 0 unspecified atom stereocenters. The van der Waals surface area contributed by atoms with E-state index in [0.717, 1.165) is 16.3 Å². The number of hydrogen-bond donors (Lipinski definition) is 1. The van der Waals surface area contributed by atoms with Crippen LogP contribution in [-0.2, 0) is 10.0 Å². The van der Waals surface area contributed by atoms with Gasteiger partial charge >= 0.3 is 0 Å². The van der Waals surface area contributed by atoms with E-state index in [9.17, 15) is 8.42 Å². The number of nitrogens with one attached hydrogen (secondary N) is 1. The van der Waals surface area contributed by atoms with Gasteiger partial charge in [0.1, 0.15) is 0 Å². The second kappa shape index (κ2) is 7.07. The third-order valence-electron chi connectivity index (χ3n) is 2.07. The van der Waals surface area contributed by atoms with Crippen LogP contribution in [0.4, 0.5) is 0 Å². The van der Waals surface area contributed by atoms with Gasteiger partial charge in [0, 0.05) is 22.0 Å². The molecule has 0 radical (unpaired) electrons. The standard InChI is InChI=1S/C11H12I3NO2S/c1-3-4-18(16,17)15-7(2)9-5-8(12)6-10(13)11(9)14/h5-6,15H,2-4H2,1H3. The van der Waals surface area contributed by atoms with Crippen LogP contribution in [0.3, 0.4) is 0 Å². The van der Waals surface area contributed by atoms with Gasteiger partial charge in [-0.1, -0.05) is 13.5 Å². The largest absolute Gasteiger partial charge is 0.284 e. The molecular weight excluding hydrogens is 591 g/mol. The fraction of sp³-hybridized carbons (Fsp3) is 0.273. The SMILES string of the molecule is C=C(NS(=O)(=O)CCC)c1cc(I)cc(I)c1I. The molecule has 0 fully saturated rings. The number of rotatable bonds is 5. The van der Waals surface area contributed by atoms with E-state index in [4.69, 9.17) is 0 Å². The van der Waals surface area contributed by atoms with Crippen LogP contribution in [0.15, 0.2) is 18.7 Å². The van der Waals surface area contributed by atoms with Crippen molar-refractivity contribution in [2.24, 2.45) is 0 Å². The number of hydrogen-bond acceptors (Lipinski definition) is 2. The lowest BCUT2D eigenvalue weighted by molar-refractivity contribution is 0.590. The Morgan fingerprint density at radius 3 is 2.50 bits per heavy atom. The molecule has 3 nitrogen and oxygen atoms in total. The number of sulfonamides is 1. The molecule has 0 saturated heterocycles. The van der Waals surface area contributed by atoms with Crippen molar-refractivity contribution in [2.75, 3.05) is 5.75 Å². The summed E-state index contributed by atoms with van der Waals surface area (Å²) in [5.41, 5.74) is 1.27. The predicted octanol–water partition coefficient (Wildman–Crippen LogP) is 3.80. The van der Waals surface area contributed by atoms with E-state index in [1.807, 2.05) is 19.1 Å². The summed E-state index contributed by atoms with van der Waals surface area (Å²) < 4.78 is 29.1. The maximum Gasteiger partial charge on any atom is 0.232 e. The summed E-state index contributed by atoms with van der Waals surface area (Å²) in [6, 6.07) is 3.97. The molecule has 1 N–H and O–H groups in total. The normalized spacial score (nSPS) is 11.3. The molecule has 0 aliphatic heterocycles. The molecule has 18 heavy (non-hydrogen) atoms. The van der Waals surface area contributed by atoms with Gasteiger partial charge in [0.25, 0.3) is 0 Å². The van der Waals surface area contributed by atoms with E-state index in [1.165, 1.54) is 0 Å². The van der Waals surface area contributed by atoms with Crippen LogP contribution in [0.2, 0.25) is 0 Å². The lowest BCUT2D eigenvalue weighted by atomic mass is 10.2. The summed E-state index contributed by atoms with van der Waals surface area (Å²) in [6.07, 6.45) is 0.587. The predicted molar refractivity (Wildman–Crippen MR) is 101 cm³/mol. The topological polar surface area (TPSA) is 46.2 Å². The molecule has 0 spiro atoms. The Hall–Kier alpha value is 0.900. The highest BCUT2D eigenvalue weighted by atomic mass is 127. The third kappa shape index (κ3) is 4.78. The molecule has 0 aliphatic rings. The van der Waals surface area contributed by atoms with Crippen LogP contribution in [0.1, 0.15) is 18.9 Å². The summed E-state index contributed by atoms with van der Waals surface area (Å²) >= 11 is 6.64. The molecular formula is C11H12I3NO2S. The van der Waals surface area contributed by atoms with Crippen LogP contribution in [0.5, 0.6) is 0 Å². The Labute approximate surface area is 149 Å². The maximum atomic E-state index is 11.7. The molecule has 0 atom stereocenters. The summed E-state index contributed by atoms with van der Waals surface area (Å²) in [6.45, 7) is 5.67. The zero-order valence-corrected chi connectivity index (χ0v) is 16.9. The highest BCUT2D eigenvalue weighted by molar-refractivity contribution is 14.1. The Morgan fingerprint density at radius 1 is 1.33 bits per heavy atom. The van der Waals surface area contributed by atoms with Crippen molar-refractivity contribution in [1.82, 2.24) is 4.72 Å². The fourth-order valence-electron chi connectivity index (χ4n) is 1.34. The van der Waals surface area contributed by atoms with Gasteiger partial charge in [-0.15, -0.1) is 0 Å². The minimum Gasteiger partial charge on any atom is -0.284 e. The molecule has 1 rings (SSSR count). The molecule has 100 valence electrons. The van der Waals surface area contributed by atoms with Gasteiger partial charge in [-0.3, -0.25) is 4.72 Å². The van der Waals surface area contributed by atoms with Gasteiger partial charge in [-0.2, -0.15) is 0 Å². The van der Waals surface area contributed by atoms with Crippen LogP contribution < -0.4 is 4.72 Å². The fourth-order valence-corrected chi connectivity index (χ4v) is 4.94. The number of benzene rings is 1. The smallest absolute Gasteiger partial charge is 0.232 e. The van der Waals surface area contributed by atoms with Gasteiger partial charge in [0.2, 0.25) is 10.0 Å². The second-order valence-electron chi connectivity index (χ2n) is 3.65. The lowest BCUT2D eigenvalue weighted by Gasteiger charge is -2.13. The van der Waals surface area contributed by atoms with E-state index in [2.05, 4.69) is 79.1 Å². The molecule has 0 aromatic heterocycles. The zero-order chi connectivity index (χ0) is 13.9. The van der Waals surface area contributed by atoms with Crippen molar-refractivity contribution >= 4 is 83.5 Å². The highest BCUT2D eigenvalue weighted by Gasteiger charge is 2.14. The van der Waals surface area contributed by atoms with E-state index in [1.54, 1.807) is 0 Å². The molecule has 0 aliphatic carbocycles. The first-order valence-electron chi connectivity index (χ1n) is 5.11. The van der Waals surface area contributed by atoms with Crippen LogP contribution >= 0.6 is 67.8 Å². The molecule has 1 aromatic rings. The van der Waals surface area contributed by atoms with Crippen molar-refractivity contribution in [3.8, 4) is 0 Å². The highest BCUT2D eigenvalue weighted by Crippen LogP contribution is 2.26. The Bertz CT molecular complexity index is 570. The second-order valence-corrected chi connectivity index (χ2v) is 8.98. The van der Waals surface area contributed by atoms with Crippen molar-refractivity contribution < 1.29 is 8.42 Å². The summed E-state index contributed by atoms with van der Waals surface area (Å²) in [5, 5.41) is 0. The minimum absolute atomic E-state index is 0.115. The molecule has 1 aromatic carbocycles. The van der Waals surface area contributed by atoms with Crippen LogP contribution in [0, 0.1) is 10.7 Å². The molecule has 0 bridgehead atoms. The first-order chi connectivity index (χ1) is 8.26. The van der Waals surface area contributed by atoms with Crippen molar-refractivity contribution in [3.05, 3.63) is 35.0 Å². The molecule has 0 saturated carbocycles. The van der Waals surface area contributed by atoms with Gasteiger partial charge in [0.15, 0.2) is 0 Å². The van der Waals surface area contributed by atoms with Gasteiger partial charge in [-0.05, 0) is 86.3 Å². The van der Waals surface area contributed by atoms with Crippen LogP contribution in [-0.4, -0.2) is 14.2 Å². The summed E-state index contributed by atoms with van der Waals surface area (Å²) in [5.74, 6) is 0.115. The average molecular weight is 603 g/mol. The maximum absolute atomic E-state index is 11.7. The molecule has 0 heterocycles. The van der Waals surface area contributed by atoms with Crippen molar-refractivity contribution in [1.29, 1.82) is 0 Å². The van der Waals surface area contributed by atoms with Gasteiger partial charge < -0.3 is 0 Å². The monoisotopic (exact) mass is 603 g/mol. The number of halogens is 3. The van der Waals surface area contributed by atoms with Gasteiger partial charge in [0.05, 0.1) is 5.75 Å². The third-order valence-corrected chi connectivity index (χ3v) is 7.24. The zero-order valence-electron chi connectivity index (χ0n) is 9.63. The van der Waals surface area contributed by atoms with E-state index in [-0.39, 0.29) is 5.75 Å². The van der Waals surface area contributed by atoms with Gasteiger partial charge in [-0.25, -0.2) is 8.42 Å². The van der Waals surface area contributed by atoms with E-state index < -0.39 is 10.0 Å². The molecule has 0 amide bonds. The van der Waals surface area contributed by atoms with Crippen LogP contribution in [0.25, 0.3) is 5.70 Å². The Morgan fingerprint density at radius 2 is 1.94 bits per heavy atom. The first-order valence-corrected chi connectivity index (χ1v) is 10.00.